The largest absolute Gasteiger partial charge is 1.00 e. The number of quaternary nitrogens is 1. The van der Waals surface area contributed by atoms with Gasteiger partial charge in [0, 0.05) is 12.8 Å². The van der Waals surface area contributed by atoms with E-state index in [1.807, 2.05) is 0 Å². The Morgan fingerprint density at radius 1 is 1.28 bits per heavy atom. The maximum Gasteiger partial charge on any atom is 0.145 e. The molecule has 2 heterocycles. The van der Waals surface area contributed by atoms with Gasteiger partial charge in [-0.05, 0) is 0 Å². The Morgan fingerprint density at radius 2 is 1.83 bits per heavy atom. The van der Waals surface area contributed by atoms with Crippen molar-refractivity contribution in [2.75, 3.05) is 38.1 Å². The fourth-order valence-electron chi connectivity index (χ4n) is 2.25. The summed E-state index contributed by atoms with van der Waals surface area (Å²) in [5.41, 5.74) is 12.0. The second kappa shape index (κ2) is 7.94. The van der Waals surface area contributed by atoms with Crippen LogP contribution in [0.1, 0.15) is 12.8 Å². The molecule has 0 unspecified atom stereocenters. The van der Waals surface area contributed by atoms with E-state index in [9.17, 15) is 0 Å². The predicted molar refractivity (Wildman–Crippen MR) is 75.6 cm³/mol. The van der Waals surface area contributed by atoms with Gasteiger partial charge < -0.3 is 28.4 Å². The number of nitrogens with zero attached hydrogens (tertiary/aromatic N) is 3. The number of nitrogen functional groups attached to an aromatic ring is 2. The molecular weight excluding hydrogens is 297 g/mol. The summed E-state index contributed by atoms with van der Waals surface area (Å²) >= 11 is 0. The summed E-state index contributed by atoms with van der Waals surface area (Å²) in [6, 6.07) is 0. The van der Waals surface area contributed by atoms with E-state index in [1.165, 1.54) is 25.9 Å². The molecule has 0 aromatic carbocycles. The smallest absolute Gasteiger partial charge is 0.145 e. The second-order valence-corrected chi connectivity index (χ2v) is 4.71. The minimum absolute atomic E-state index is 0. The Hall–Kier alpha value is -0.360. The van der Waals surface area contributed by atoms with E-state index >= 15 is 0 Å². The summed E-state index contributed by atoms with van der Waals surface area (Å²) < 4.78 is 2.94. The van der Waals surface area contributed by atoms with E-state index in [0.29, 0.717) is 11.5 Å². The number of rotatable bonds is 3. The van der Waals surface area contributed by atoms with Gasteiger partial charge in [-0.15, -0.1) is 24.8 Å². The van der Waals surface area contributed by atoms with Crippen molar-refractivity contribution in [3.63, 3.8) is 0 Å². The third-order valence-corrected chi connectivity index (χ3v) is 3.41. The van der Waals surface area contributed by atoms with E-state index in [0.717, 1.165) is 17.6 Å². The van der Waals surface area contributed by atoms with Gasteiger partial charge in [0.15, 0.2) is 0 Å². The molecule has 0 aliphatic carbocycles. The molecule has 0 bridgehead atoms. The van der Waals surface area contributed by atoms with Crippen molar-refractivity contribution in [2.45, 2.75) is 19.4 Å². The van der Waals surface area contributed by atoms with E-state index in [2.05, 4.69) is 12.1 Å². The molecule has 18 heavy (non-hydrogen) atoms. The summed E-state index contributed by atoms with van der Waals surface area (Å²) in [5, 5.41) is 4.16. The lowest BCUT2D eigenvalue weighted by molar-refractivity contribution is -0.898. The molecule has 0 amide bonds. The Balaban J connectivity index is 0. The molecule has 0 atom stereocenters. The number of halogens is 3. The number of likely N-dealkylation sites (tertiary alicyclic amines) is 1. The van der Waals surface area contributed by atoms with Crippen molar-refractivity contribution >= 4 is 36.3 Å². The molecule has 1 aliphatic rings. The Kier molecular flexibility index (Phi) is 8.81. The standard InChI is InChI=1S/C10H20N5.3ClH/c1-15(5-2-3-6-15)7-4-14-10(12)9(11)8-13-14;;;/h8H,2-7,11-12H2,1H3;3*1H/q+1;;;/p-1. The molecule has 1 aliphatic heterocycles. The van der Waals surface area contributed by atoms with E-state index in [-0.39, 0.29) is 37.2 Å². The minimum atomic E-state index is 0. The summed E-state index contributed by atoms with van der Waals surface area (Å²) in [6.45, 7) is 4.50. The molecule has 1 aromatic heterocycles. The van der Waals surface area contributed by atoms with Gasteiger partial charge in [0.1, 0.15) is 5.82 Å². The quantitative estimate of drug-likeness (QED) is 0.642. The van der Waals surface area contributed by atoms with Crippen LogP contribution < -0.4 is 23.9 Å². The molecule has 5 nitrogen and oxygen atoms in total. The Morgan fingerprint density at radius 3 is 2.28 bits per heavy atom. The van der Waals surface area contributed by atoms with Gasteiger partial charge in [-0.3, -0.25) is 0 Å². The van der Waals surface area contributed by atoms with Crippen molar-refractivity contribution in [3.05, 3.63) is 6.20 Å². The van der Waals surface area contributed by atoms with Crippen molar-refractivity contribution in [1.82, 2.24) is 9.78 Å². The number of hydrogen-bond donors (Lipinski definition) is 2. The van der Waals surface area contributed by atoms with Crippen molar-refractivity contribution < 1.29 is 16.9 Å². The molecule has 1 saturated heterocycles. The Labute approximate surface area is 127 Å². The summed E-state index contributed by atoms with van der Waals surface area (Å²) in [5.74, 6) is 0.598. The van der Waals surface area contributed by atoms with Gasteiger partial charge in [0.05, 0.1) is 45.1 Å². The van der Waals surface area contributed by atoms with E-state index < -0.39 is 0 Å². The van der Waals surface area contributed by atoms with Crippen LogP contribution in [0.4, 0.5) is 11.5 Å². The minimum Gasteiger partial charge on any atom is -1.00 e. The molecule has 1 fully saturated rings. The molecule has 0 saturated carbocycles. The van der Waals surface area contributed by atoms with Gasteiger partial charge in [-0.1, -0.05) is 0 Å². The Bertz CT molecular complexity index is 349. The van der Waals surface area contributed by atoms with Crippen LogP contribution >= 0.6 is 24.8 Å². The third kappa shape index (κ3) is 4.39. The van der Waals surface area contributed by atoms with Crippen LogP contribution in [0.2, 0.25) is 0 Å². The average molecular weight is 319 g/mol. The number of likely N-dealkylation sites (N-methyl/N-ethyl adjacent to an activating group) is 1. The average Bonchev–Trinajstić information content (AvgIpc) is 2.75. The molecular formula is C10H22Cl3N5. The number of aromatic nitrogens is 2. The molecule has 8 heteroatoms. The maximum absolute atomic E-state index is 5.80. The maximum atomic E-state index is 5.80. The topological polar surface area (TPSA) is 69.9 Å². The first-order chi connectivity index (χ1) is 7.11. The first-order valence-corrected chi connectivity index (χ1v) is 5.51. The summed E-state index contributed by atoms with van der Waals surface area (Å²) in [4.78, 5) is 0. The third-order valence-electron chi connectivity index (χ3n) is 3.41. The zero-order valence-electron chi connectivity index (χ0n) is 10.5. The van der Waals surface area contributed by atoms with Gasteiger partial charge in [0.25, 0.3) is 0 Å². The van der Waals surface area contributed by atoms with E-state index in [1.54, 1.807) is 10.9 Å². The summed E-state index contributed by atoms with van der Waals surface area (Å²) in [6.07, 6.45) is 4.31. The van der Waals surface area contributed by atoms with Gasteiger partial charge in [-0.2, -0.15) is 5.10 Å². The highest BCUT2D eigenvalue weighted by Crippen LogP contribution is 2.18. The van der Waals surface area contributed by atoms with Crippen LogP contribution in [0.25, 0.3) is 0 Å². The SMILES string of the molecule is C[N+]1(CCn2ncc(N)c2N)CCCC1.Cl.Cl.[Cl-]. The van der Waals surface area contributed by atoms with Crippen molar-refractivity contribution in [1.29, 1.82) is 0 Å². The fourth-order valence-corrected chi connectivity index (χ4v) is 2.25. The zero-order valence-corrected chi connectivity index (χ0v) is 12.9. The number of hydrogen-bond acceptors (Lipinski definition) is 3. The number of nitrogens with two attached hydrogens (primary N) is 2. The molecule has 4 N–H and O–H groups in total. The van der Waals surface area contributed by atoms with Crippen LogP contribution in [0.5, 0.6) is 0 Å². The van der Waals surface area contributed by atoms with Crippen molar-refractivity contribution in [2.24, 2.45) is 0 Å². The van der Waals surface area contributed by atoms with Crippen LogP contribution in [-0.2, 0) is 6.54 Å². The monoisotopic (exact) mass is 317 g/mol. The van der Waals surface area contributed by atoms with Gasteiger partial charge >= 0.3 is 0 Å². The summed E-state index contributed by atoms with van der Waals surface area (Å²) in [7, 11) is 2.30. The molecule has 0 spiro atoms. The van der Waals surface area contributed by atoms with Crippen LogP contribution in [0, 0.1) is 0 Å². The molecule has 1 aromatic rings. The zero-order chi connectivity index (χ0) is 10.9. The molecule has 2 rings (SSSR count). The molecule has 0 radical (unpaired) electrons. The van der Waals surface area contributed by atoms with Gasteiger partial charge in [-0.25, -0.2) is 4.68 Å². The lowest BCUT2D eigenvalue weighted by Gasteiger charge is -2.29. The highest BCUT2D eigenvalue weighted by molar-refractivity contribution is 5.85. The first-order valence-electron chi connectivity index (χ1n) is 5.51. The highest BCUT2D eigenvalue weighted by atomic mass is 35.5. The fraction of sp³-hybridized carbons (Fsp3) is 0.700. The first kappa shape index (κ1) is 20.0. The molecule has 108 valence electrons. The second-order valence-electron chi connectivity index (χ2n) is 4.71. The highest BCUT2D eigenvalue weighted by Gasteiger charge is 2.26. The van der Waals surface area contributed by atoms with Crippen LogP contribution in [-0.4, -0.2) is 40.9 Å². The predicted octanol–water partition coefficient (Wildman–Crippen LogP) is -1.86. The van der Waals surface area contributed by atoms with Gasteiger partial charge in [0.2, 0.25) is 0 Å². The number of anilines is 2. The van der Waals surface area contributed by atoms with Crippen LogP contribution in [0.15, 0.2) is 6.20 Å². The normalized spacial score (nSPS) is 16.3. The van der Waals surface area contributed by atoms with Crippen molar-refractivity contribution in [3.8, 4) is 0 Å². The van der Waals surface area contributed by atoms with E-state index in [4.69, 9.17) is 11.5 Å². The lowest BCUT2D eigenvalue weighted by atomic mass is 10.4. The lowest BCUT2D eigenvalue weighted by Crippen LogP contribution is -3.00. The van der Waals surface area contributed by atoms with Crippen LogP contribution in [0.3, 0.4) is 0 Å².